The first-order chi connectivity index (χ1) is 15.3. The van der Waals surface area contributed by atoms with Gasteiger partial charge in [-0.25, -0.2) is 0 Å². The molecule has 0 spiro atoms. The molecule has 5 rings (SSSR count). The Labute approximate surface area is 183 Å². The van der Waals surface area contributed by atoms with Crippen molar-refractivity contribution >= 4 is 16.5 Å². The van der Waals surface area contributed by atoms with Gasteiger partial charge in [-0.15, -0.1) is 5.10 Å². The number of likely N-dealkylation sites (N-methyl/N-ethyl adjacent to an activating group) is 1. The molecule has 2 aromatic carbocycles. The third-order valence-corrected chi connectivity index (χ3v) is 6.39. The van der Waals surface area contributed by atoms with E-state index in [-0.39, 0.29) is 26.7 Å². The second kappa shape index (κ2) is 6.99. The third kappa shape index (κ3) is 2.73. The zero-order valence-electron chi connectivity index (χ0n) is 18.0. The van der Waals surface area contributed by atoms with Crippen LogP contribution in [0.5, 0.6) is 0 Å². The maximum absolute atomic E-state index is 13.2. The Morgan fingerprint density at radius 2 is 1.47 bits per heavy atom. The Hall–Kier alpha value is -4.06. The Morgan fingerprint density at radius 3 is 2.16 bits per heavy atom. The second-order valence-electron chi connectivity index (χ2n) is 8.57. The molecule has 0 unspecified atom stereocenters. The number of para-hydroxylation sites is 1. The van der Waals surface area contributed by atoms with Crippen molar-refractivity contribution in [2.75, 3.05) is 11.9 Å². The lowest BCUT2D eigenvalue weighted by atomic mass is 9.84. The van der Waals surface area contributed by atoms with Gasteiger partial charge in [-0.3, -0.25) is 14.4 Å². The Morgan fingerprint density at radius 1 is 0.844 bits per heavy atom. The lowest BCUT2D eigenvalue weighted by Crippen LogP contribution is -2.85. The SMILES string of the molecule is CN1/C(=C\N/[NH+]=c2\ccc(=O)c3c(=O)c4ccccc4c(=O)c2=3)C(C)(C)c2ccccc21. The fourth-order valence-electron chi connectivity index (χ4n) is 4.74. The van der Waals surface area contributed by atoms with Gasteiger partial charge in [0, 0.05) is 40.7 Å². The molecule has 0 radical (unpaired) electrons. The minimum absolute atomic E-state index is 0.0844. The number of hydrazine groups is 1. The molecule has 32 heavy (non-hydrogen) atoms. The largest absolute Gasteiger partial charge is 0.346 e. The maximum atomic E-state index is 13.2. The number of nitrogens with one attached hydrogen (secondary N) is 2. The maximum Gasteiger partial charge on any atom is 0.239 e. The van der Waals surface area contributed by atoms with Crippen molar-refractivity contribution in [3.05, 3.63) is 125 Å². The Bertz CT molecular complexity index is 1710. The van der Waals surface area contributed by atoms with E-state index >= 15 is 0 Å². The minimum atomic E-state index is -0.455. The lowest BCUT2D eigenvalue weighted by Gasteiger charge is -2.23. The van der Waals surface area contributed by atoms with Crippen molar-refractivity contribution in [1.82, 2.24) is 5.43 Å². The summed E-state index contributed by atoms with van der Waals surface area (Å²) in [6.45, 7) is 4.30. The van der Waals surface area contributed by atoms with E-state index < -0.39 is 10.9 Å². The molecule has 0 atom stereocenters. The molecular weight excluding hydrogens is 402 g/mol. The highest BCUT2D eigenvalue weighted by molar-refractivity contribution is 5.82. The predicted molar refractivity (Wildman–Crippen MR) is 124 cm³/mol. The summed E-state index contributed by atoms with van der Waals surface area (Å²) < 4.78 is 0. The zero-order chi connectivity index (χ0) is 22.6. The van der Waals surface area contributed by atoms with Gasteiger partial charge in [0.25, 0.3) is 0 Å². The van der Waals surface area contributed by atoms with Gasteiger partial charge in [0.05, 0.1) is 11.4 Å². The van der Waals surface area contributed by atoms with Gasteiger partial charge < -0.3 is 4.90 Å². The molecule has 0 saturated heterocycles. The summed E-state index contributed by atoms with van der Waals surface area (Å²) >= 11 is 0. The fraction of sp³-hybridized carbons (Fsp3) is 0.154. The zero-order valence-corrected chi connectivity index (χ0v) is 18.0. The van der Waals surface area contributed by atoms with Crippen molar-refractivity contribution < 1.29 is 5.10 Å². The van der Waals surface area contributed by atoms with Crippen LogP contribution in [0.25, 0.3) is 10.8 Å². The van der Waals surface area contributed by atoms with E-state index in [0.29, 0.717) is 10.7 Å². The molecule has 3 aliphatic rings. The van der Waals surface area contributed by atoms with Crippen LogP contribution in [0.1, 0.15) is 19.4 Å². The molecule has 0 amide bonds. The number of anilines is 1. The molecular formula is C26H22N3O3+. The van der Waals surface area contributed by atoms with E-state index in [2.05, 4.69) is 41.4 Å². The lowest BCUT2D eigenvalue weighted by molar-refractivity contribution is -0.555. The molecule has 6 nitrogen and oxygen atoms in total. The highest BCUT2D eigenvalue weighted by atomic mass is 16.1. The number of hydrogen-bond donors (Lipinski definition) is 2. The summed E-state index contributed by atoms with van der Waals surface area (Å²) in [6.07, 6.45) is 1.85. The van der Waals surface area contributed by atoms with Crippen molar-refractivity contribution in [2.45, 2.75) is 19.3 Å². The first-order valence-corrected chi connectivity index (χ1v) is 10.4. The third-order valence-electron chi connectivity index (χ3n) is 6.39. The smallest absolute Gasteiger partial charge is 0.239 e. The first kappa shape index (κ1) is 19.9. The summed E-state index contributed by atoms with van der Waals surface area (Å²) in [5.74, 6) is 0. The quantitative estimate of drug-likeness (QED) is 0.452. The number of allylic oxidation sites excluding steroid dienone is 1. The van der Waals surface area contributed by atoms with Crippen LogP contribution in [-0.2, 0) is 5.41 Å². The van der Waals surface area contributed by atoms with Crippen LogP contribution in [0.4, 0.5) is 5.69 Å². The molecule has 158 valence electrons. The van der Waals surface area contributed by atoms with Crippen LogP contribution in [-0.4, -0.2) is 7.05 Å². The summed E-state index contributed by atoms with van der Waals surface area (Å²) in [7, 11) is 2.01. The molecule has 6 heteroatoms. The standard InChI is InChI=1S/C26H21N3O3/c1-26(2)17-10-6-7-11-19(17)29(3)21(26)14-27-28-18-12-13-20(30)23-22(18)24(31)15-8-4-5-9-16(15)25(23)32/h4-14,27H,1-3H3/p+1/b21-14-,28-18+. The molecule has 2 aliphatic carbocycles. The molecule has 2 aromatic rings. The van der Waals surface area contributed by atoms with Gasteiger partial charge in [0.2, 0.25) is 10.8 Å². The number of fused-ring (bicyclic) bond motifs is 2. The molecule has 0 fully saturated rings. The van der Waals surface area contributed by atoms with Crippen molar-refractivity contribution in [1.29, 1.82) is 0 Å². The van der Waals surface area contributed by atoms with Gasteiger partial charge in [0.15, 0.2) is 10.9 Å². The van der Waals surface area contributed by atoms with Crippen molar-refractivity contribution in [3.8, 4) is 0 Å². The number of nitrogens with zero attached hydrogens (tertiary/aromatic N) is 1. The van der Waals surface area contributed by atoms with E-state index in [1.165, 1.54) is 17.7 Å². The van der Waals surface area contributed by atoms with E-state index in [0.717, 1.165) is 11.4 Å². The molecule has 2 N–H and O–H groups in total. The highest BCUT2D eigenvalue weighted by Crippen LogP contribution is 2.46. The van der Waals surface area contributed by atoms with Crippen LogP contribution >= 0.6 is 0 Å². The Balaban J connectivity index is 1.70. The van der Waals surface area contributed by atoms with Crippen molar-refractivity contribution in [2.24, 2.45) is 0 Å². The summed E-state index contributed by atoms with van der Waals surface area (Å²) in [5, 5.41) is 4.01. The predicted octanol–water partition coefficient (Wildman–Crippen LogP) is 0.276. The van der Waals surface area contributed by atoms with Gasteiger partial charge in [-0.1, -0.05) is 56.3 Å². The second-order valence-corrected chi connectivity index (χ2v) is 8.57. The average molecular weight is 424 g/mol. The van der Waals surface area contributed by atoms with Gasteiger partial charge in [-0.05, 0) is 17.7 Å². The summed E-state index contributed by atoms with van der Waals surface area (Å²) in [4.78, 5) is 40.7. The molecule has 1 heterocycles. The summed E-state index contributed by atoms with van der Waals surface area (Å²) in [6, 6.07) is 17.7. The monoisotopic (exact) mass is 424 g/mol. The van der Waals surface area contributed by atoms with Crippen LogP contribution in [0.15, 0.2) is 86.9 Å². The van der Waals surface area contributed by atoms with E-state index in [9.17, 15) is 14.4 Å². The first-order valence-electron chi connectivity index (χ1n) is 10.4. The topological polar surface area (TPSA) is 80.5 Å². The fourth-order valence-corrected chi connectivity index (χ4v) is 4.74. The van der Waals surface area contributed by atoms with Gasteiger partial charge >= 0.3 is 0 Å². The van der Waals surface area contributed by atoms with Crippen LogP contribution in [0.3, 0.4) is 0 Å². The highest BCUT2D eigenvalue weighted by Gasteiger charge is 2.38. The molecule has 0 aromatic heterocycles. The number of rotatable bonds is 2. The number of hydrogen-bond acceptors (Lipinski definition) is 5. The molecule has 1 aliphatic heterocycles. The molecule has 0 saturated carbocycles. The van der Waals surface area contributed by atoms with Gasteiger partial charge in [0.1, 0.15) is 5.22 Å². The van der Waals surface area contributed by atoms with Crippen LogP contribution < -0.4 is 37.1 Å². The van der Waals surface area contributed by atoms with Crippen LogP contribution in [0.2, 0.25) is 0 Å². The van der Waals surface area contributed by atoms with E-state index in [1.807, 2.05) is 25.4 Å². The van der Waals surface area contributed by atoms with E-state index in [1.54, 1.807) is 24.3 Å². The number of benzene rings is 2. The van der Waals surface area contributed by atoms with Gasteiger partial charge in [-0.2, -0.15) is 5.43 Å². The van der Waals surface area contributed by atoms with Crippen LogP contribution in [0, 0.1) is 10.4 Å². The Kier molecular flexibility index (Phi) is 4.34. The van der Waals surface area contributed by atoms with E-state index in [4.69, 9.17) is 0 Å². The van der Waals surface area contributed by atoms with Crippen molar-refractivity contribution in [3.63, 3.8) is 0 Å². The normalized spacial score (nSPS) is 16.8. The summed E-state index contributed by atoms with van der Waals surface area (Å²) in [5.41, 5.74) is 5.03. The molecule has 0 bridgehead atoms. The minimum Gasteiger partial charge on any atom is -0.346 e. The average Bonchev–Trinajstić information content (AvgIpc) is 2.99.